The van der Waals surface area contributed by atoms with E-state index in [1.54, 1.807) is 0 Å². The summed E-state index contributed by atoms with van der Waals surface area (Å²) in [6.45, 7) is 0.267. The number of carbonyl (C=O) groups is 1. The van der Waals surface area contributed by atoms with Gasteiger partial charge in [-0.3, -0.25) is 9.69 Å². The summed E-state index contributed by atoms with van der Waals surface area (Å²) in [5.41, 5.74) is 5.62. The third kappa shape index (κ3) is 2.10. The normalized spacial score (nSPS) is 20.5. The van der Waals surface area contributed by atoms with Crippen LogP contribution in [0.4, 0.5) is 11.6 Å². The summed E-state index contributed by atoms with van der Waals surface area (Å²) in [6, 6.07) is 1.54. The van der Waals surface area contributed by atoms with Crippen LogP contribution in [-0.4, -0.2) is 39.9 Å². The maximum atomic E-state index is 11.6. The molecule has 1 aliphatic heterocycles. The number of nitrogen functional groups attached to an aromatic ring is 1. The van der Waals surface area contributed by atoms with Crippen LogP contribution in [0.5, 0.6) is 0 Å². The molecule has 6 nitrogen and oxygen atoms in total. The number of aliphatic hydroxyl groups excluding tert-OH is 1. The van der Waals surface area contributed by atoms with Crippen LogP contribution in [-0.2, 0) is 4.79 Å². The number of aliphatic hydroxyl groups is 1. The van der Waals surface area contributed by atoms with E-state index in [2.05, 4.69) is 9.97 Å². The number of thioether (sulfide) groups is 1. The molecule has 1 unspecified atom stereocenters. The molecule has 1 fully saturated rings. The number of hydrogen-bond donors (Lipinski definition) is 2. The number of rotatable bonds is 2. The number of β-amino-alcohol motifs (C(OH)–C–C–N with tert-alkyl or cyclic N) is 1. The van der Waals surface area contributed by atoms with Gasteiger partial charge in [0.05, 0.1) is 19.1 Å². The highest BCUT2D eigenvalue weighted by Gasteiger charge is 2.30. The average molecular weight is 240 g/mol. The van der Waals surface area contributed by atoms with Crippen molar-refractivity contribution in [2.45, 2.75) is 17.7 Å². The quantitative estimate of drug-likeness (QED) is 0.553. The Balaban J connectivity index is 2.33. The fourth-order valence-electron chi connectivity index (χ4n) is 1.57. The first kappa shape index (κ1) is 11.2. The highest BCUT2D eigenvalue weighted by Crippen LogP contribution is 2.23. The highest BCUT2D eigenvalue weighted by atomic mass is 32.2. The Morgan fingerprint density at radius 3 is 2.94 bits per heavy atom. The van der Waals surface area contributed by atoms with Crippen molar-refractivity contribution in [1.82, 2.24) is 9.97 Å². The lowest BCUT2D eigenvalue weighted by molar-refractivity contribution is -0.117. The van der Waals surface area contributed by atoms with E-state index in [1.165, 1.54) is 22.7 Å². The zero-order chi connectivity index (χ0) is 11.7. The summed E-state index contributed by atoms with van der Waals surface area (Å²) < 4.78 is 0. The molecule has 86 valence electrons. The molecule has 1 aromatic heterocycles. The monoisotopic (exact) mass is 240 g/mol. The Kier molecular flexibility index (Phi) is 2.97. The largest absolute Gasteiger partial charge is 0.391 e. The fourth-order valence-corrected chi connectivity index (χ4v) is 1.95. The molecule has 0 radical (unpaired) electrons. The van der Waals surface area contributed by atoms with Gasteiger partial charge < -0.3 is 10.8 Å². The van der Waals surface area contributed by atoms with Crippen molar-refractivity contribution in [3.05, 3.63) is 6.07 Å². The Labute approximate surface area is 96.9 Å². The predicted octanol–water partition coefficient (Wildman–Crippen LogP) is -0.122. The van der Waals surface area contributed by atoms with Crippen molar-refractivity contribution in [2.24, 2.45) is 0 Å². The van der Waals surface area contributed by atoms with E-state index in [0.29, 0.717) is 16.8 Å². The lowest BCUT2D eigenvalue weighted by Crippen LogP contribution is -2.26. The molecule has 0 bridgehead atoms. The van der Waals surface area contributed by atoms with Gasteiger partial charge in [0, 0.05) is 6.07 Å². The van der Waals surface area contributed by atoms with Gasteiger partial charge in [-0.25, -0.2) is 9.97 Å². The number of anilines is 2. The predicted molar refractivity (Wildman–Crippen MR) is 61.2 cm³/mol. The highest BCUT2D eigenvalue weighted by molar-refractivity contribution is 7.98. The van der Waals surface area contributed by atoms with E-state index in [0.717, 1.165) is 0 Å². The van der Waals surface area contributed by atoms with E-state index in [-0.39, 0.29) is 18.9 Å². The topological polar surface area (TPSA) is 92.3 Å². The molecule has 0 spiro atoms. The van der Waals surface area contributed by atoms with Gasteiger partial charge in [0.1, 0.15) is 11.6 Å². The summed E-state index contributed by atoms with van der Waals surface area (Å²) in [5.74, 6) is 0.639. The SMILES string of the molecule is CSc1nc(N)cc(N2CC(O)CC2=O)n1. The number of hydrogen-bond acceptors (Lipinski definition) is 6. The van der Waals surface area contributed by atoms with Crippen LogP contribution in [0, 0.1) is 0 Å². The Morgan fingerprint density at radius 2 is 2.38 bits per heavy atom. The van der Waals surface area contributed by atoms with E-state index < -0.39 is 6.10 Å². The number of aromatic nitrogens is 2. The summed E-state index contributed by atoms with van der Waals surface area (Å²) >= 11 is 1.36. The molecular weight excluding hydrogens is 228 g/mol. The molecule has 0 aliphatic carbocycles. The Hall–Kier alpha value is -1.34. The van der Waals surface area contributed by atoms with E-state index in [4.69, 9.17) is 5.73 Å². The van der Waals surface area contributed by atoms with Gasteiger partial charge in [-0.1, -0.05) is 11.8 Å². The van der Waals surface area contributed by atoms with Crippen LogP contribution in [0.1, 0.15) is 6.42 Å². The second kappa shape index (κ2) is 4.26. The molecule has 3 N–H and O–H groups in total. The zero-order valence-electron chi connectivity index (χ0n) is 8.75. The second-order valence-electron chi connectivity index (χ2n) is 3.50. The number of amides is 1. The second-order valence-corrected chi connectivity index (χ2v) is 4.27. The first-order valence-electron chi connectivity index (χ1n) is 4.77. The third-order valence-corrected chi connectivity index (χ3v) is 2.82. The van der Waals surface area contributed by atoms with E-state index >= 15 is 0 Å². The van der Waals surface area contributed by atoms with E-state index in [1.807, 2.05) is 6.26 Å². The molecule has 2 rings (SSSR count). The fraction of sp³-hybridized carbons (Fsp3) is 0.444. The van der Waals surface area contributed by atoms with Crippen molar-refractivity contribution in [3.8, 4) is 0 Å². The molecule has 16 heavy (non-hydrogen) atoms. The molecule has 1 amide bonds. The van der Waals surface area contributed by atoms with Crippen LogP contribution in [0.25, 0.3) is 0 Å². The van der Waals surface area contributed by atoms with Crippen LogP contribution < -0.4 is 10.6 Å². The molecule has 1 aliphatic rings. The number of nitrogens with zero attached hydrogens (tertiary/aromatic N) is 3. The molecule has 0 saturated carbocycles. The molecule has 7 heteroatoms. The van der Waals surface area contributed by atoms with Gasteiger partial charge in [0.15, 0.2) is 5.16 Å². The van der Waals surface area contributed by atoms with Crippen molar-refractivity contribution in [2.75, 3.05) is 23.4 Å². The van der Waals surface area contributed by atoms with Gasteiger partial charge in [0.2, 0.25) is 5.91 Å². The maximum Gasteiger partial charge on any atom is 0.230 e. The third-order valence-electron chi connectivity index (χ3n) is 2.28. The Morgan fingerprint density at radius 1 is 1.62 bits per heavy atom. The molecule has 0 aromatic carbocycles. The van der Waals surface area contributed by atoms with Crippen molar-refractivity contribution < 1.29 is 9.90 Å². The zero-order valence-corrected chi connectivity index (χ0v) is 9.57. The van der Waals surface area contributed by atoms with Gasteiger partial charge in [-0.05, 0) is 6.26 Å². The van der Waals surface area contributed by atoms with Crippen LogP contribution in [0.15, 0.2) is 11.2 Å². The smallest absolute Gasteiger partial charge is 0.230 e. The first-order valence-corrected chi connectivity index (χ1v) is 5.99. The van der Waals surface area contributed by atoms with Crippen molar-refractivity contribution in [3.63, 3.8) is 0 Å². The number of nitrogens with two attached hydrogens (primary N) is 1. The van der Waals surface area contributed by atoms with Gasteiger partial charge in [-0.15, -0.1) is 0 Å². The maximum absolute atomic E-state index is 11.6. The van der Waals surface area contributed by atoms with Crippen LogP contribution in [0.2, 0.25) is 0 Å². The van der Waals surface area contributed by atoms with Crippen LogP contribution >= 0.6 is 11.8 Å². The van der Waals surface area contributed by atoms with Gasteiger partial charge >= 0.3 is 0 Å². The lowest BCUT2D eigenvalue weighted by atomic mass is 10.3. The van der Waals surface area contributed by atoms with Crippen LogP contribution in [0.3, 0.4) is 0 Å². The summed E-state index contributed by atoms with van der Waals surface area (Å²) in [6.07, 6.45) is 1.35. The molecule has 1 aromatic rings. The molecule has 1 atom stereocenters. The summed E-state index contributed by atoms with van der Waals surface area (Å²) in [5, 5.41) is 9.90. The number of carbonyl (C=O) groups excluding carboxylic acids is 1. The first-order chi connectivity index (χ1) is 7.60. The van der Waals surface area contributed by atoms with Gasteiger partial charge in [0.25, 0.3) is 0 Å². The minimum absolute atomic E-state index is 0.137. The lowest BCUT2D eigenvalue weighted by Gasteiger charge is -2.15. The van der Waals surface area contributed by atoms with E-state index in [9.17, 15) is 9.90 Å². The molecule has 1 saturated heterocycles. The van der Waals surface area contributed by atoms with Gasteiger partial charge in [-0.2, -0.15) is 0 Å². The Bertz CT molecular complexity index is 426. The van der Waals surface area contributed by atoms with Crippen molar-refractivity contribution >= 4 is 29.3 Å². The summed E-state index contributed by atoms with van der Waals surface area (Å²) in [7, 11) is 0. The van der Waals surface area contributed by atoms with Crippen molar-refractivity contribution in [1.29, 1.82) is 0 Å². The standard InChI is InChI=1S/C9H12N4O2S/c1-16-9-11-6(10)3-7(12-9)13-4-5(14)2-8(13)15/h3,5,14H,2,4H2,1H3,(H2,10,11,12). The average Bonchev–Trinajstić information content (AvgIpc) is 2.57. The molecular formula is C9H12N4O2S. The minimum Gasteiger partial charge on any atom is -0.391 e. The summed E-state index contributed by atoms with van der Waals surface area (Å²) in [4.78, 5) is 21.2. The minimum atomic E-state index is -0.624. The molecule has 2 heterocycles.